The second-order valence-corrected chi connectivity index (χ2v) is 9.02. The van der Waals surface area contributed by atoms with Gasteiger partial charge in [-0.1, -0.05) is 6.08 Å². The summed E-state index contributed by atoms with van der Waals surface area (Å²) in [4.78, 5) is 11.3. The molecule has 2 heterocycles. The molecule has 0 aromatic rings. The first-order valence-electron chi connectivity index (χ1n) is 9.00. The van der Waals surface area contributed by atoms with E-state index in [4.69, 9.17) is 9.94 Å². The van der Waals surface area contributed by atoms with Crippen molar-refractivity contribution in [2.45, 2.75) is 50.7 Å². The van der Waals surface area contributed by atoms with E-state index >= 15 is 0 Å². The van der Waals surface area contributed by atoms with E-state index in [1.165, 1.54) is 37.8 Å². The molecule has 0 aromatic heterocycles. The second kappa shape index (κ2) is 10.7. The molecule has 138 valence electrons. The summed E-state index contributed by atoms with van der Waals surface area (Å²) in [6.07, 6.45) is 9.08. The van der Waals surface area contributed by atoms with Crippen LogP contribution in [0.4, 0.5) is 0 Å². The first-order valence-corrected chi connectivity index (χ1v) is 11.3. The molecular formula is C18H31NO3S2. The third-order valence-corrected chi connectivity index (χ3v) is 7.22. The highest BCUT2D eigenvalue weighted by atomic mass is 32.2. The van der Waals surface area contributed by atoms with Gasteiger partial charge in [-0.3, -0.25) is 10.0 Å². The Labute approximate surface area is 154 Å². The Hall–Kier alpha value is -0.170. The highest BCUT2D eigenvalue weighted by Gasteiger charge is 2.47. The number of nitrogens with zero attached hydrogens (tertiary/aromatic N) is 1. The van der Waals surface area contributed by atoms with Crippen molar-refractivity contribution in [1.82, 2.24) is 5.06 Å². The van der Waals surface area contributed by atoms with Gasteiger partial charge in [0.1, 0.15) is 0 Å². The lowest BCUT2D eigenvalue weighted by Crippen LogP contribution is -2.29. The van der Waals surface area contributed by atoms with Gasteiger partial charge in [0, 0.05) is 19.2 Å². The summed E-state index contributed by atoms with van der Waals surface area (Å²) in [6.45, 7) is 3.80. The number of hydroxylamine groups is 2. The van der Waals surface area contributed by atoms with Gasteiger partial charge < -0.3 is 4.74 Å². The molecule has 2 fully saturated rings. The first-order chi connectivity index (χ1) is 11.6. The molecule has 0 aromatic carbocycles. The quantitative estimate of drug-likeness (QED) is 0.244. The SMILES string of the molecule is C=CCSCC1C2CCC(O2)C1CCSCCCCC(=O)N(C)O. The maximum absolute atomic E-state index is 11.3. The molecule has 4 atom stereocenters. The van der Waals surface area contributed by atoms with Crippen LogP contribution in [0.5, 0.6) is 0 Å². The second-order valence-electron chi connectivity index (χ2n) is 6.72. The van der Waals surface area contributed by atoms with E-state index < -0.39 is 0 Å². The molecule has 2 aliphatic heterocycles. The number of rotatable bonds is 12. The zero-order chi connectivity index (χ0) is 17.4. The van der Waals surface area contributed by atoms with Crippen molar-refractivity contribution in [1.29, 1.82) is 0 Å². The normalized spacial score (nSPS) is 28.2. The van der Waals surface area contributed by atoms with E-state index in [1.54, 1.807) is 0 Å². The van der Waals surface area contributed by atoms with Crippen molar-refractivity contribution in [3.63, 3.8) is 0 Å². The zero-order valence-corrected chi connectivity index (χ0v) is 16.3. The van der Waals surface area contributed by atoms with Gasteiger partial charge in [0.15, 0.2) is 0 Å². The molecule has 1 N–H and O–H groups in total. The average Bonchev–Trinajstić information content (AvgIpc) is 3.16. The average molecular weight is 374 g/mol. The van der Waals surface area contributed by atoms with E-state index in [2.05, 4.69) is 6.58 Å². The predicted molar refractivity (Wildman–Crippen MR) is 103 cm³/mol. The van der Waals surface area contributed by atoms with Crippen molar-refractivity contribution in [3.05, 3.63) is 12.7 Å². The maximum Gasteiger partial charge on any atom is 0.245 e. The van der Waals surface area contributed by atoms with Gasteiger partial charge in [-0.05, 0) is 61.2 Å². The highest BCUT2D eigenvalue weighted by molar-refractivity contribution is 7.99. The molecule has 6 heteroatoms. The van der Waals surface area contributed by atoms with Crippen LogP contribution in [0, 0.1) is 11.8 Å². The molecule has 1 amide bonds. The van der Waals surface area contributed by atoms with Crippen LogP contribution < -0.4 is 0 Å². The third kappa shape index (κ3) is 5.97. The molecule has 2 rings (SSSR count). The molecule has 2 saturated heterocycles. The fourth-order valence-corrected chi connectivity index (χ4v) is 5.84. The van der Waals surface area contributed by atoms with Crippen LogP contribution in [0.3, 0.4) is 0 Å². The zero-order valence-electron chi connectivity index (χ0n) is 14.7. The van der Waals surface area contributed by atoms with Gasteiger partial charge in [-0.2, -0.15) is 23.5 Å². The van der Waals surface area contributed by atoms with E-state index in [0.717, 1.165) is 36.2 Å². The fraction of sp³-hybridized carbons (Fsp3) is 0.833. The van der Waals surface area contributed by atoms with Crippen LogP contribution in [0.25, 0.3) is 0 Å². The Bertz CT molecular complexity index is 406. The fourth-order valence-electron chi connectivity index (χ4n) is 3.75. The number of ether oxygens (including phenoxy) is 1. The van der Waals surface area contributed by atoms with Gasteiger partial charge in [-0.15, -0.1) is 6.58 Å². The van der Waals surface area contributed by atoms with Crippen LogP contribution in [0.15, 0.2) is 12.7 Å². The molecule has 4 nitrogen and oxygen atoms in total. The Balaban J connectivity index is 1.57. The van der Waals surface area contributed by atoms with Crippen molar-refractivity contribution in [2.75, 3.05) is 30.1 Å². The van der Waals surface area contributed by atoms with E-state index in [1.807, 2.05) is 29.6 Å². The highest BCUT2D eigenvalue weighted by Crippen LogP contribution is 2.46. The minimum absolute atomic E-state index is 0.195. The van der Waals surface area contributed by atoms with E-state index in [9.17, 15) is 4.79 Å². The molecule has 0 radical (unpaired) electrons. The van der Waals surface area contributed by atoms with E-state index in [0.29, 0.717) is 23.7 Å². The van der Waals surface area contributed by atoms with Crippen molar-refractivity contribution >= 4 is 29.4 Å². The summed E-state index contributed by atoms with van der Waals surface area (Å²) >= 11 is 3.98. The largest absolute Gasteiger partial charge is 0.374 e. The summed E-state index contributed by atoms with van der Waals surface area (Å²) in [5.74, 6) is 5.80. The molecule has 24 heavy (non-hydrogen) atoms. The molecular weight excluding hydrogens is 342 g/mol. The number of fused-ring (bicyclic) bond motifs is 2. The van der Waals surface area contributed by atoms with Gasteiger partial charge in [0.05, 0.1) is 12.2 Å². The lowest BCUT2D eigenvalue weighted by Gasteiger charge is -2.27. The van der Waals surface area contributed by atoms with Crippen LogP contribution in [0.2, 0.25) is 0 Å². The number of thioether (sulfide) groups is 2. The number of carbonyl (C=O) groups excluding carboxylic acids is 1. The van der Waals surface area contributed by atoms with Crippen molar-refractivity contribution in [3.8, 4) is 0 Å². The van der Waals surface area contributed by atoms with Gasteiger partial charge >= 0.3 is 0 Å². The van der Waals surface area contributed by atoms with Gasteiger partial charge in [0.2, 0.25) is 5.91 Å². The molecule has 4 unspecified atom stereocenters. The molecule has 0 spiro atoms. The smallest absolute Gasteiger partial charge is 0.245 e. The topological polar surface area (TPSA) is 49.8 Å². The summed E-state index contributed by atoms with van der Waals surface area (Å²) in [7, 11) is 1.39. The van der Waals surface area contributed by atoms with Gasteiger partial charge in [0.25, 0.3) is 0 Å². The summed E-state index contributed by atoms with van der Waals surface area (Å²) < 4.78 is 6.16. The van der Waals surface area contributed by atoms with E-state index in [-0.39, 0.29) is 5.91 Å². The summed E-state index contributed by atoms with van der Waals surface area (Å²) in [5, 5.41) is 9.68. The van der Waals surface area contributed by atoms with Crippen molar-refractivity contribution in [2.24, 2.45) is 11.8 Å². The van der Waals surface area contributed by atoms with Crippen LogP contribution in [-0.4, -0.2) is 58.4 Å². The monoisotopic (exact) mass is 373 g/mol. The summed E-state index contributed by atoms with van der Waals surface area (Å²) in [5.41, 5.74) is 0. The lowest BCUT2D eigenvalue weighted by atomic mass is 9.79. The number of hydrogen-bond donors (Lipinski definition) is 1. The number of unbranched alkanes of at least 4 members (excludes halogenated alkanes) is 1. The number of hydrogen-bond acceptors (Lipinski definition) is 5. The minimum Gasteiger partial charge on any atom is -0.374 e. The minimum atomic E-state index is -0.195. The number of carbonyl (C=O) groups is 1. The first kappa shape index (κ1) is 20.1. The Morgan fingerprint density at radius 2 is 2.00 bits per heavy atom. The van der Waals surface area contributed by atoms with Crippen LogP contribution in [-0.2, 0) is 9.53 Å². The van der Waals surface area contributed by atoms with Crippen molar-refractivity contribution < 1.29 is 14.7 Å². The lowest BCUT2D eigenvalue weighted by molar-refractivity contribution is -0.159. The standard InChI is InChI=1S/C18H31NO3S2/c1-3-10-24-13-15-14(16-7-8-17(15)22-16)9-12-23-11-5-4-6-18(20)19(2)21/h3,14-17,21H,1,4-13H2,2H3. The molecule has 2 bridgehead atoms. The van der Waals surface area contributed by atoms with Gasteiger partial charge in [-0.25, -0.2) is 5.06 Å². The maximum atomic E-state index is 11.3. The van der Waals surface area contributed by atoms with Crippen LogP contribution >= 0.6 is 23.5 Å². The predicted octanol–water partition coefficient (Wildman–Crippen LogP) is 3.84. The third-order valence-electron chi connectivity index (χ3n) is 5.02. The number of amides is 1. The molecule has 0 saturated carbocycles. The molecule has 0 aliphatic carbocycles. The Morgan fingerprint density at radius 1 is 1.25 bits per heavy atom. The Kier molecular flexibility index (Phi) is 9.01. The summed E-state index contributed by atoms with van der Waals surface area (Å²) in [6, 6.07) is 0. The van der Waals surface area contributed by atoms with Crippen LogP contribution in [0.1, 0.15) is 38.5 Å². The molecule has 2 aliphatic rings. The Morgan fingerprint density at radius 3 is 2.71 bits per heavy atom.